The van der Waals surface area contributed by atoms with E-state index in [-0.39, 0.29) is 12.4 Å². The zero-order valence-electron chi connectivity index (χ0n) is 4.42. The fourth-order valence-corrected chi connectivity index (χ4v) is 0.660. The minimum atomic E-state index is 0. The molecule has 2 N–H and O–H groups in total. The lowest BCUT2D eigenvalue weighted by Gasteiger charge is -2.04. The first-order valence-electron chi connectivity index (χ1n) is 2.34. The lowest BCUT2D eigenvalue weighted by atomic mass is 10.4. The number of rotatable bonds is 0. The van der Waals surface area contributed by atoms with E-state index < -0.39 is 0 Å². The summed E-state index contributed by atoms with van der Waals surface area (Å²) in [6, 6.07) is 0. The van der Waals surface area contributed by atoms with E-state index >= 15 is 0 Å². The zero-order valence-corrected chi connectivity index (χ0v) is 5.24. The Hall–Kier alpha value is -0.280. The van der Waals surface area contributed by atoms with E-state index in [0.29, 0.717) is 12.4 Å². The van der Waals surface area contributed by atoms with Crippen molar-refractivity contribution >= 4 is 18.2 Å². The van der Waals surface area contributed by atoms with Gasteiger partial charge < -0.3 is 0 Å². The molecule has 1 saturated heterocycles. The summed E-state index contributed by atoms with van der Waals surface area (Å²) >= 11 is 0. The van der Waals surface area contributed by atoms with Crippen molar-refractivity contribution in [2.75, 3.05) is 6.54 Å². The van der Waals surface area contributed by atoms with Crippen molar-refractivity contribution in [3.05, 3.63) is 0 Å². The molecule has 1 heterocycles. The monoisotopic (exact) mass is 136 g/mol. The molecule has 0 bridgehead atoms. The van der Waals surface area contributed by atoms with Crippen molar-refractivity contribution in [2.24, 2.45) is 0 Å². The van der Waals surface area contributed by atoms with E-state index in [2.05, 4.69) is 0 Å². The van der Waals surface area contributed by atoms with Gasteiger partial charge in [-0.3, -0.25) is 10.6 Å². The molecule has 0 aromatic carbocycles. The molecule has 0 atom stereocenters. The Bertz CT molecular complexity index is 96.0. The van der Waals surface area contributed by atoms with Crippen LogP contribution in [0.15, 0.2) is 0 Å². The van der Waals surface area contributed by atoms with E-state index in [1.54, 1.807) is 0 Å². The normalized spacial score (nSPS) is 18.6. The third kappa shape index (κ3) is 1.35. The molecule has 3 nitrogen and oxygen atoms in total. The third-order valence-electron chi connectivity index (χ3n) is 1.10. The van der Waals surface area contributed by atoms with E-state index in [1.807, 2.05) is 0 Å². The summed E-state index contributed by atoms with van der Waals surface area (Å²) in [6.07, 6.45) is 1.66. The first-order valence-corrected chi connectivity index (χ1v) is 2.34. The predicted octanol–water partition coefficient (Wildman–Crippen LogP) is 0.870. The van der Waals surface area contributed by atoms with Crippen molar-refractivity contribution in [3.8, 4) is 0 Å². The average molecular weight is 137 g/mol. The molecule has 0 aromatic rings. The number of hydroxylamine groups is 2. The summed E-state index contributed by atoms with van der Waals surface area (Å²) in [6.45, 7) is 0.638. The fourth-order valence-electron chi connectivity index (χ4n) is 0.660. The Kier molecular flexibility index (Phi) is 2.79. The first kappa shape index (κ1) is 7.72. The summed E-state index contributed by atoms with van der Waals surface area (Å²) in [5.41, 5.74) is 0. The first-order chi connectivity index (χ1) is 3.30. The second-order valence-electron chi connectivity index (χ2n) is 1.67. The molecule has 4 heteroatoms. The third-order valence-corrected chi connectivity index (χ3v) is 1.10. The highest BCUT2D eigenvalue weighted by Gasteiger charge is 2.12. The average Bonchev–Trinajstić information content (AvgIpc) is 1.91. The number of hydrogen-bond donors (Lipinski definition) is 2. The maximum absolute atomic E-state index is 8.61. The van der Waals surface area contributed by atoms with Gasteiger partial charge in [-0.1, -0.05) is 0 Å². The molecular weight excluding hydrogens is 128 g/mol. The van der Waals surface area contributed by atoms with Crippen LogP contribution in [0, 0.1) is 5.41 Å². The quantitative estimate of drug-likeness (QED) is 0.519. The van der Waals surface area contributed by atoms with Gasteiger partial charge in [0.2, 0.25) is 0 Å². The molecule has 1 aliphatic rings. The van der Waals surface area contributed by atoms with Crippen molar-refractivity contribution < 1.29 is 5.21 Å². The van der Waals surface area contributed by atoms with Gasteiger partial charge in [0.1, 0.15) is 5.84 Å². The second-order valence-corrected chi connectivity index (χ2v) is 1.67. The lowest BCUT2D eigenvalue weighted by Crippen LogP contribution is -2.18. The molecule has 0 saturated carbocycles. The van der Waals surface area contributed by atoms with E-state index in [9.17, 15) is 0 Å². The molecule has 0 unspecified atom stereocenters. The Morgan fingerprint density at radius 2 is 2.25 bits per heavy atom. The van der Waals surface area contributed by atoms with Crippen molar-refractivity contribution in [1.29, 1.82) is 5.41 Å². The van der Waals surface area contributed by atoms with Gasteiger partial charge in [-0.2, -0.15) is 0 Å². The predicted molar refractivity (Wildman–Crippen MR) is 32.7 cm³/mol. The highest BCUT2D eigenvalue weighted by molar-refractivity contribution is 5.85. The maximum Gasteiger partial charge on any atom is 0.120 e. The van der Waals surface area contributed by atoms with Crippen LogP contribution in [0.5, 0.6) is 0 Å². The molecular formula is C4H9ClN2O. The van der Waals surface area contributed by atoms with E-state index in [0.717, 1.165) is 17.9 Å². The molecule has 0 radical (unpaired) electrons. The Morgan fingerprint density at radius 3 is 2.38 bits per heavy atom. The molecule has 0 aromatic heterocycles. The maximum atomic E-state index is 8.61. The highest BCUT2D eigenvalue weighted by Crippen LogP contribution is 2.04. The Labute approximate surface area is 54.2 Å². The molecule has 1 rings (SSSR count). The Balaban J connectivity index is 0.000000490. The molecule has 0 spiro atoms. The van der Waals surface area contributed by atoms with Gasteiger partial charge in [0.15, 0.2) is 0 Å². The lowest BCUT2D eigenvalue weighted by molar-refractivity contribution is -0.00405. The van der Waals surface area contributed by atoms with Crippen LogP contribution in [0.2, 0.25) is 0 Å². The van der Waals surface area contributed by atoms with Crippen molar-refractivity contribution in [3.63, 3.8) is 0 Å². The molecule has 1 fully saturated rings. The van der Waals surface area contributed by atoms with Gasteiger partial charge in [0, 0.05) is 13.0 Å². The summed E-state index contributed by atoms with van der Waals surface area (Å²) in [5.74, 6) is 0.347. The van der Waals surface area contributed by atoms with Crippen LogP contribution in [0.4, 0.5) is 0 Å². The van der Waals surface area contributed by atoms with Gasteiger partial charge in [-0.25, -0.2) is 5.06 Å². The molecule has 0 aliphatic carbocycles. The second kappa shape index (κ2) is 2.89. The molecule has 48 valence electrons. The van der Waals surface area contributed by atoms with Gasteiger partial charge in [0.05, 0.1) is 0 Å². The van der Waals surface area contributed by atoms with Crippen LogP contribution in [0.25, 0.3) is 0 Å². The smallest absolute Gasteiger partial charge is 0.120 e. The van der Waals surface area contributed by atoms with Crippen LogP contribution in [0.1, 0.15) is 12.8 Å². The number of nitrogens with zero attached hydrogens (tertiary/aromatic N) is 1. The Morgan fingerprint density at radius 1 is 1.62 bits per heavy atom. The van der Waals surface area contributed by atoms with Gasteiger partial charge >= 0.3 is 0 Å². The van der Waals surface area contributed by atoms with Crippen molar-refractivity contribution in [1.82, 2.24) is 5.06 Å². The van der Waals surface area contributed by atoms with E-state index in [1.165, 1.54) is 0 Å². The molecule has 1 aliphatic heterocycles. The minimum Gasteiger partial charge on any atom is -0.287 e. The summed E-state index contributed by atoms with van der Waals surface area (Å²) < 4.78 is 0. The SMILES string of the molecule is Cl.N=C1CCCN1O. The number of hydrogen-bond acceptors (Lipinski definition) is 2. The summed E-state index contributed by atoms with van der Waals surface area (Å²) in [5, 5.41) is 16.5. The van der Waals surface area contributed by atoms with Crippen LogP contribution >= 0.6 is 12.4 Å². The van der Waals surface area contributed by atoms with Crippen LogP contribution in [-0.4, -0.2) is 22.7 Å². The zero-order chi connectivity index (χ0) is 5.28. The van der Waals surface area contributed by atoms with Gasteiger partial charge in [-0.15, -0.1) is 12.4 Å². The van der Waals surface area contributed by atoms with Gasteiger partial charge in [-0.05, 0) is 6.42 Å². The number of nitrogens with one attached hydrogen (secondary N) is 1. The number of amidine groups is 1. The standard InChI is InChI=1S/C4H8N2O.ClH/c5-4-2-1-3-6(4)7;/h5,7H,1-3H2;1H. The summed E-state index contributed by atoms with van der Waals surface area (Å²) in [4.78, 5) is 0. The topological polar surface area (TPSA) is 47.3 Å². The summed E-state index contributed by atoms with van der Waals surface area (Å²) in [7, 11) is 0. The van der Waals surface area contributed by atoms with Crippen LogP contribution < -0.4 is 0 Å². The van der Waals surface area contributed by atoms with Crippen LogP contribution in [-0.2, 0) is 0 Å². The molecule has 0 amide bonds. The largest absolute Gasteiger partial charge is 0.287 e. The minimum absolute atomic E-state index is 0. The fraction of sp³-hybridized carbons (Fsp3) is 0.750. The van der Waals surface area contributed by atoms with E-state index in [4.69, 9.17) is 10.6 Å². The van der Waals surface area contributed by atoms with Crippen LogP contribution in [0.3, 0.4) is 0 Å². The molecule has 8 heavy (non-hydrogen) atoms. The van der Waals surface area contributed by atoms with Crippen molar-refractivity contribution in [2.45, 2.75) is 12.8 Å². The highest BCUT2D eigenvalue weighted by atomic mass is 35.5. The van der Waals surface area contributed by atoms with Gasteiger partial charge in [0.25, 0.3) is 0 Å². The number of halogens is 1.